The Balaban J connectivity index is 2.17. The Kier molecular flexibility index (Phi) is 4.31. The molecular weight excluding hydrogens is 407 g/mol. The number of hydrogen-bond donors (Lipinski definition) is 1. The molecule has 1 aromatic carbocycles. The molecule has 4 nitrogen and oxygen atoms in total. The maximum atomic E-state index is 4.76. The third-order valence-electron chi connectivity index (χ3n) is 3.54. The number of rotatable bonds is 3. The molecule has 22 heavy (non-hydrogen) atoms. The highest BCUT2D eigenvalue weighted by molar-refractivity contribution is 14.1. The lowest BCUT2D eigenvalue weighted by Gasteiger charge is -2.08. The molecule has 0 spiro atoms. The summed E-state index contributed by atoms with van der Waals surface area (Å²) >= 11 is 3.89. The summed E-state index contributed by atoms with van der Waals surface area (Å²) in [5.74, 6) is 1.14. The van der Waals surface area contributed by atoms with E-state index < -0.39 is 0 Å². The zero-order valence-corrected chi connectivity index (χ0v) is 15.9. The predicted molar refractivity (Wildman–Crippen MR) is 102 cm³/mol. The molecule has 0 atom stereocenters. The highest BCUT2D eigenvalue weighted by Gasteiger charge is 2.14. The second kappa shape index (κ2) is 6.08. The van der Waals surface area contributed by atoms with E-state index in [0.717, 1.165) is 36.6 Å². The van der Waals surface area contributed by atoms with Gasteiger partial charge in [-0.15, -0.1) is 11.3 Å². The fourth-order valence-electron chi connectivity index (χ4n) is 2.26. The third kappa shape index (κ3) is 2.81. The van der Waals surface area contributed by atoms with E-state index in [-0.39, 0.29) is 0 Å². The van der Waals surface area contributed by atoms with Crippen LogP contribution < -0.4 is 5.32 Å². The molecule has 0 saturated heterocycles. The highest BCUT2D eigenvalue weighted by atomic mass is 127. The van der Waals surface area contributed by atoms with Gasteiger partial charge < -0.3 is 5.32 Å². The van der Waals surface area contributed by atoms with Crippen molar-refractivity contribution in [3.63, 3.8) is 0 Å². The summed E-state index contributed by atoms with van der Waals surface area (Å²) in [5, 5.41) is 7.24. The van der Waals surface area contributed by atoms with Gasteiger partial charge in [-0.1, -0.05) is 13.8 Å². The van der Waals surface area contributed by atoms with Crippen molar-refractivity contribution in [3.05, 3.63) is 32.5 Å². The second-order valence-electron chi connectivity index (χ2n) is 5.51. The van der Waals surface area contributed by atoms with Gasteiger partial charge in [-0.3, -0.25) is 0 Å². The first-order valence-electron chi connectivity index (χ1n) is 7.11. The summed E-state index contributed by atoms with van der Waals surface area (Å²) in [7, 11) is 1.92. The number of hydrogen-bond acceptors (Lipinski definition) is 5. The summed E-state index contributed by atoms with van der Waals surface area (Å²) in [5.41, 5.74) is 4.32. The SMILES string of the molecule is CNc1cc(C)c2nc(-c3nc(C(C)C)cs3)nc(I)c2c1. The monoisotopic (exact) mass is 424 g/mol. The Morgan fingerprint density at radius 2 is 1.95 bits per heavy atom. The minimum Gasteiger partial charge on any atom is -0.388 e. The lowest BCUT2D eigenvalue weighted by atomic mass is 10.1. The number of nitrogens with zero attached hydrogens (tertiary/aromatic N) is 3. The molecule has 0 unspecified atom stereocenters. The Morgan fingerprint density at radius 3 is 2.59 bits per heavy atom. The molecule has 0 fully saturated rings. The molecule has 0 amide bonds. The molecule has 3 aromatic rings. The number of anilines is 1. The van der Waals surface area contributed by atoms with E-state index in [0.29, 0.717) is 11.7 Å². The van der Waals surface area contributed by atoms with Gasteiger partial charge in [0, 0.05) is 23.5 Å². The van der Waals surface area contributed by atoms with E-state index in [1.54, 1.807) is 11.3 Å². The van der Waals surface area contributed by atoms with Gasteiger partial charge in [0.15, 0.2) is 10.8 Å². The fraction of sp³-hybridized carbons (Fsp3) is 0.312. The molecular formula is C16H17IN4S. The number of nitrogens with one attached hydrogen (secondary N) is 1. The Hall–Kier alpha value is -1.28. The van der Waals surface area contributed by atoms with Gasteiger partial charge in [0.05, 0.1) is 11.2 Å². The largest absolute Gasteiger partial charge is 0.388 e. The Morgan fingerprint density at radius 1 is 1.18 bits per heavy atom. The minimum atomic E-state index is 0.421. The van der Waals surface area contributed by atoms with Crippen molar-refractivity contribution in [2.45, 2.75) is 26.7 Å². The highest BCUT2D eigenvalue weighted by Crippen LogP contribution is 2.30. The quantitative estimate of drug-likeness (QED) is 0.483. The number of halogens is 1. The number of fused-ring (bicyclic) bond motifs is 1. The van der Waals surface area contributed by atoms with Crippen molar-refractivity contribution in [2.24, 2.45) is 0 Å². The molecule has 2 aromatic heterocycles. The van der Waals surface area contributed by atoms with E-state index in [1.807, 2.05) is 7.05 Å². The van der Waals surface area contributed by atoms with Crippen LogP contribution in [0.1, 0.15) is 31.0 Å². The van der Waals surface area contributed by atoms with Gasteiger partial charge in [0.2, 0.25) is 0 Å². The lowest BCUT2D eigenvalue weighted by molar-refractivity contribution is 0.833. The number of aromatic nitrogens is 3. The van der Waals surface area contributed by atoms with E-state index in [4.69, 9.17) is 4.98 Å². The van der Waals surface area contributed by atoms with Crippen LogP contribution in [-0.2, 0) is 0 Å². The maximum absolute atomic E-state index is 4.76. The van der Waals surface area contributed by atoms with Crippen molar-refractivity contribution in [1.29, 1.82) is 0 Å². The maximum Gasteiger partial charge on any atom is 0.190 e. The predicted octanol–water partition coefficient (Wildman–Crippen LogP) is 4.83. The van der Waals surface area contributed by atoms with E-state index >= 15 is 0 Å². The number of aryl methyl sites for hydroxylation is 1. The van der Waals surface area contributed by atoms with Crippen LogP contribution >= 0.6 is 33.9 Å². The lowest BCUT2D eigenvalue weighted by Crippen LogP contribution is -1.98. The first kappa shape index (κ1) is 15.6. The average Bonchev–Trinajstić information content (AvgIpc) is 2.97. The first-order valence-corrected chi connectivity index (χ1v) is 9.07. The molecule has 2 heterocycles. The van der Waals surface area contributed by atoms with Gasteiger partial charge in [-0.25, -0.2) is 15.0 Å². The fourth-order valence-corrected chi connectivity index (χ4v) is 3.82. The van der Waals surface area contributed by atoms with Crippen LogP contribution in [0.2, 0.25) is 0 Å². The average molecular weight is 424 g/mol. The normalized spacial score (nSPS) is 11.4. The first-order chi connectivity index (χ1) is 10.5. The third-order valence-corrected chi connectivity index (χ3v) is 5.22. The summed E-state index contributed by atoms with van der Waals surface area (Å²) in [6.07, 6.45) is 0. The molecule has 0 aliphatic rings. The van der Waals surface area contributed by atoms with Gasteiger partial charge >= 0.3 is 0 Å². The second-order valence-corrected chi connectivity index (χ2v) is 7.39. The van der Waals surface area contributed by atoms with Crippen LogP contribution in [0, 0.1) is 10.6 Å². The van der Waals surface area contributed by atoms with Crippen LogP contribution in [0.25, 0.3) is 21.7 Å². The molecule has 6 heteroatoms. The smallest absolute Gasteiger partial charge is 0.190 e. The molecule has 0 aliphatic carbocycles. The van der Waals surface area contributed by atoms with Gasteiger partial charge in [0.25, 0.3) is 0 Å². The van der Waals surface area contributed by atoms with Crippen LogP contribution in [0.3, 0.4) is 0 Å². The standard InChI is InChI=1S/C16H17IN4S/c1-8(2)12-7-22-16(19-12)15-20-13-9(3)5-10(18-4)6-11(13)14(17)21-15/h5-8,18H,1-4H3. The van der Waals surface area contributed by atoms with Gasteiger partial charge in [0.1, 0.15) is 3.70 Å². The Labute approximate surface area is 147 Å². The zero-order chi connectivity index (χ0) is 15.9. The number of thiazole rings is 1. The summed E-state index contributed by atoms with van der Waals surface area (Å²) in [6, 6.07) is 4.20. The van der Waals surface area contributed by atoms with E-state index in [9.17, 15) is 0 Å². The van der Waals surface area contributed by atoms with E-state index in [2.05, 4.69) is 76.2 Å². The molecule has 0 bridgehead atoms. The molecule has 1 N–H and O–H groups in total. The molecule has 0 saturated carbocycles. The van der Waals surface area contributed by atoms with Crippen molar-refractivity contribution in [2.75, 3.05) is 12.4 Å². The number of benzene rings is 1. The van der Waals surface area contributed by atoms with Gasteiger partial charge in [-0.2, -0.15) is 0 Å². The molecule has 114 valence electrons. The van der Waals surface area contributed by atoms with Crippen molar-refractivity contribution < 1.29 is 0 Å². The summed E-state index contributed by atoms with van der Waals surface area (Å²) in [6.45, 7) is 6.37. The Bertz CT molecular complexity index is 842. The topological polar surface area (TPSA) is 50.7 Å². The van der Waals surface area contributed by atoms with Crippen molar-refractivity contribution in [3.8, 4) is 10.8 Å². The molecule has 0 radical (unpaired) electrons. The summed E-state index contributed by atoms with van der Waals surface area (Å²) in [4.78, 5) is 14.1. The molecule has 3 rings (SSSR count). The van der Waals surface area contributed by atoms with Crippen LogP contribution in [0.15, 0.2) is 17.5 Å². The van der Waals surface area contributed by atoms with Crippen LogP contribution in [0.4, 0.5) is 5.69 Å². The van der Waals surface area contributed by atoms with Crippen LogP contribution in [0.5, 0.6) is 0 Å². The van der Waals surface area contributed by atoms with Crippen LogP contribution in [-0.4, -0.2) is 22.0 Å². The van der Waals surface area contributed by atoms with Crippen molar-refractivity contribution in [1.82, 2.24) is 15.0 Å². The van der Waals surface area contributed by atoms with E-state index in [1.165, 1.54) is 0 Å². The van der Waals surface area contributed by atoms with Gasteiger partial charge in [-0.05, 0) is 53.1 Å². The summed E-state index contributed by atoms with van der Waals surface area (Å²) < 4.78 is 0.957. The zero-order valence-electron chi connectivity index (χ0n) is 12.9. The molecule has 0 aliphatic heterocycles. The van der Waals surface area contributed by atoms with Crippen molar-refractivity contribution >= 4 is 50.5 Å². The minimum absolute atomic E-state index is 0.421.